The van der Waals surface area contributed by atoms with Gasteiger partial charge in [0, 0.05) is 42.9 Å². The van der Waals surface area contributed by atoms with Crippen LogP contribution in [0.3, 0.4) is 0 Å². The number of anilines is 2. The number of carbonyl (C=O) groups is 1. The van der Waals surface area contributed by atoms with Crippen molar-refractivity contribution in [2.75, 3.05) is 25.0 Å². The Morgan fingerprint density at radius 3 is 2.90 bits per heavy atom. The van der Waals surface area contributed by atoms with Gasteiger partial charge in [0.1, 0.15) is 10.9 Å². The summed E-state index contributed by atoms with van der Waals surface area (Å²) >= 11 is 1.71. The fraction of sp³-hybridized carbons (Fsp3) is 0.455. The Bertz CT molecular complexity index is 977. The number of thiazole rings is 1. The van der Waals surface area contributed by atoms with E-state index in [0.717, 1.165) is 67.4 Å². The van der Waals surface area contributed by atoms with Crippen LogP contribution in [-0.2, 0) is 9.53 Å². The first-order chi connectivity index (χ1) is 14.3. The van der Waals surface area contributed by atoms with Crippen LogP contribution in [0.15, 0.2) is 41.9 Å². The Balaban J connectivity index is 1.37. The van der Waals surface area contributed by atoms with Crippen molar-refractivity contribution in [3.05, 3.63) is 47.6 Å². The standard InChI is InChI=1S/C22H26N4O2S/c27-20(18-10-4-5-13-28-18)25-11-6-7-16(15-25)19-21-26(12-14-29-21)22(24-19)23-17-8-2-1-3-9-17/h1-3,8-9,12,14,16,18H,4-7,10-11,13,15H2,(H,23,24). The third-order valence-electron chi connectivity index (χ3n) is 5.89. The molecule has 4 heterocycles. The highest BCUT2D eigenvalue weighted by atomic mass is 32.1. The lowest BCUT2D eigenvalue weighted by Crippen LogP contribution is -2.46. The first-order valence-corrected chi connectivity index (χ1v) is 11.4. The van der Waals surface area contributed by atoms with Gasteiger partial charge in [-0.3, -0.25) is 9.20 Å². The second-order valence-electron chi connectivity index (χ2n) is 7.87. The Kier molecular flexibility index (Phi) is 5.24. The summed E-state index contributed by atoms with van der Waals surface area (Å²) in [5.74, 6) is 1.26. The normalized spacial score (nSPS) is 22.7. The summed E-state index contributed by atoms with van der Waals surface area (Å²) < 4.78 is 7.87. The number of ether oxygens (including phenoxy) is 1. The number of hydrogen-bond acceptors (Lipinski definition) is 5. The number of para-hydroxylation sites is 1. The number of fused-ring (bicyclic) bond motifs is 1. The molecule has 2 aliphatic rings. The molecular formula is C22H26N4O2S. The lowest BCUT2D eigenvalue weighted by Gasteiger charge is -2.35. The molecule has 2 fully saturated rings. The molecule has 29 heavy (non-hydrogen) atoms. The Morgan fingerprint density at radius 1 is 1.17 bits per heavy atom. The van der Waals surface area contributed by atoms with Gasteiger partial charge in [0.05, 0.1) is 5.69 Å². The number of carbonyl (C=O) groups excluding carboxylic acids is 1. The van der Waals surface area contributed by atoms with Crippen LogP contribution in [-0.4, -0.2) is 46.0 Å². The molecule has 2 unspecified atom stereocenters. The summed E-state index contributed by atoms with van der Waals surface area (Å²) in [6.45, 7) is 2.26. The SMILES string of the molecule is O=C(C1CCCCO1)N1CCCC(c2nc(Nc3ccccc3)n3ccsc23)C1. The van der Waals surface area contributed by atoms with Crippen LogP contribution in [0.1, 0.15) is 43.7 Å². The van der Waals surface area contributed by atoms with E-state index in [4.69, 9.17) is 9.72 Å². The molecule has 2 atom stereocenters. The Morgan fingerprint density at radius 2 is 2.07 bits per heavy atom. The van der Waals surface area contributed by atoms with Crippen LogP contribution in [0.4, 0.5) is 11.6 Å². The second-order valence-corrected chi connectivity index (χ2v) is 8.76. The monoisotopic (exact) mass is 410 g/mol. The minimum absolute atomic E-state index is 0.165. The largest absolute Gasteiger partial charge is 0.368 e. The van der Waals surface area contributed by atoms with Gasteiger partial charge in [0.15, 0.2) is 0 Å². The van der Waals surface area contributed by atoms with Crippen LogP contribution >= 0.6 is 11.3 Å². The smallest absolute Gasteiger partial charge is 0.251 e. The van der Waals surface area contributed by atoms with Gasteiger partial charge < -0.3 is 15.0 Å². The zero-order valence-corrected chi connectivity index (χ0v) is 17.2. The fourth-order valence-corrected chi connectivity index (χ4v) is 5.30. The average Bonchev–Trinajstić information content (AvgIpc) is 3.39. The highest BCUT2D eigenvalue weighted by Gasteiger charge is 2.33. The number of rotatable bonds is 4. The molecule has 6 nitrogen and oxygen atoms in total. The number of nitrogens with one attached hydrogen (secondary N) is 1. The third-order valence-corrected chi connectivity index (χ3v) is 6.77. The molecule has 0 radical (unpaired) electrons. The number of likely N-dealkylation sites (tertiary alicyclic amines) is 1. The van der Waals surface area contributed by atoms with Crippen LogP contribution in [0.5, 0.6) is 0 Å². The summed E-state index contributed by atoms with van der Waals surface area (Å²) in [6, 6.07) is 10.1. The van der Waals surface area contributed by atoms with Crippen LogP contribution < -0.4 is 5.32 Å². The minimum atomic E-state index is -0.249. The summed E-state index contributed by atoms with van der Waals surface area (Å²) in [5, 5.41) is 5.53. The van der Waals surface area contributed by atoms with E-state index in [0.29, 0.717) is 6.61 Å². The van der Waals surface area contributed by atoms with E-state index in [1.807, 2.05) is 35.2 Å². The maximum absolute atomic E-state index is 13.0. The molecule has 1 amide bonds. The van der Waals surface area contributed by atoms with Crippen LogP contribution in [0, 0.1) is 0 Å². The highest BCUT2D eigenvalue weighted by Crippen LogP contribution is 2.34. The van der Waals surface area contributed by atoms with Crippen molar-refractivity contribution >= 4 is 33.7 Å². The first kappa shape index (κ1) is 18.6. The molecule has 152 valence electrons. The van der Waals surface area contributed by atoms with Crippen LogP contribution in [0.25, 0.3) is 4.83 Å². The molecule has 2 aliphatic heterocycles. The molecule has 3 aromatic rings. The predicted octanol–water partition coefficient (Wildman–Crippen LogP) is 4.41. The summed E-state index contributed by atoms with van der Waals surface area (Å²) in [4.78, 5) is 21.1. The van der Waals surface area contributed by atoms with Gasteiger partial charge in [-0.25, -0.2) is 4.98 Å². The maximum Gasteiger partial charge on any atom is 0.251 e. The third kappa shape index (κ3) is 3.76. The van der Waals surface area contributed by atoms with Crippen molar-refractivity contribution in [1.82, 2.24) is 14.3 Å². The van der Waals surface area contributed by atoms with E-state index in [-0.39, 0.29) is 17.9 Å². The molecule has 2 saturated heterocycles. The zero-order valence-electron chi connectivity index (χ0n) is 16.4. The first-order valence-electron chi connectivity index (χ1n) is 10.5. The number of amides is 1. The predicted molar refractivity (Wildman–Crippen MR) is 115 cm³/mol. The van der Waals surface area contributed by atoms with Crippen molar-refractivity contribution in [2.45, 2.75) is 44.1 Å². The number of aromatic nitrogens is 2. The van der Waals surface area contributed by atoms with Gasteiger partial charge in [-0.15, -0.1) is 11.3 Å². The second kappa shape index (κ2) is 8.16. The zero-order chi connectivity index (χ0) is 19.6. The van der Waals surface area contributed by atoms with Crippen molar-refractivity contribution in [1.29, 1.82) is 0 Å². The van der Waals surface area contributed by atoms with Crippen molar-refractivity contribution in [2.24, 2.45) is 0 Å². The fourth-order valence-electron chi connectivity index (χ4n) is 4.39. The number of nitrogens with zero attached hydrogens (tertiary/aromatic N) is 3. The molecule has 0 bridgehead atoms. The number of piperidine rings is 1. The molecule has 2 aromatic heterocycles. The van der Waals surface area contributed by atoms with Gasteiger partial charge in [0.25, 0.3) is 5.91 Å². The minimum Gasteiger partial charge on any atom is -0.368 e. The van der Waals surface area contributed by atoms with Crippen molar-refractivity contribution in [3.8, 4) is 0 Å². The van der Waals surface area contributed by atoms with Gasteiger partial charge in [-0.05, 0) is 44.2 Å². The molecule has 1 N–H and O–H groups in total. The molecule has 7 heteroatoms. The van der Waals surface area contributed by atoms with E-state index in [9.17, 15) is 4.79 Å². The van der Waals surface area contributed by atoms with Gasteiger partial charge >= 0.3 is 0 Å². The summed E-state index contributed by atoms with van der Waals surface area (Å²) in [5.41, 5.74) is 2.12. The molecule has 1 aromatic carbocycles. The van der Waals surface area contributed by atoms with E-state index in [1.165, 1.54) is 0 Å². The van der Waals surface area contributed by atoms with Gasteiger partial charge in [-0.2, -0.15) is 0 Å². The van der Waals surface area contributed by atoms with Crippen LogP contribution in [0.2, 0.25) is 0 Å². The number of imidazole rings is 1. The summed E-state index contributed by atoms with van der Waals surface area (Å²) in [7, 11) is 0. The molecule has 5 rings (SSSR count). The molecule has 0 aliphatic carbocycles. The number of hydrogen-bond donors (Lipinski definition) is 1. The molecular weight excluding hydrogens is 384 g/mol. The van der Waals surface area contributed by atoms with E-state index < -0.39 is 0 Å². The lowest BCUT2D eigenvalue weighted by atomic mass is 9.94. The van der Waals surface area contributed by atoms with E-state index in [1.54, 1.807) is 11.3 Å². The Labute approximate surface area is 174 Å². The molecule has 0 spiro atoms. The Hall–Kier alpha value is -2.38. The average molecular weight is 411 g/mol. The van der Waals surface area contributed by atoms with Crippen molar-refractivity contribution < 1.29 is 9.53 Å². The molecule has 0 saturated carbocycles. The maximum atomic E-state index is 13.0. The van der Waals surface area contributed by atoms with E-state index in [2.05, 4.69) is 21.3 Å². The van der Waals surface area contributed by atoms with Gasteiger partial charge in [-0.1, -0.05) is 18.2 Å². The topological polar surface area (TPSA) is 58.9 Å². The van der Waals surface area contributed by atoms with E-state index >= 15 is 0 Å². The number of benzene rings is 1. The van der Waals surface area contributed by atoms with Crippen molar-refractivity contribution in [3.63, 3.8) is 0 Å². The highest BCUT2D eigenvalue weighted by molar-refractivity contribution is 7.15. The quantitative estimate of drug-likeness (QED) is 0.692. The lowest BCUT2D eigenvalue weighted by molar-refractivity contribution is -0.147. The van der Waals surface area contributed by atoms with Gasteiger partial charge in [0.2, 0.25) is 5.95 Å². The summed E-state index contributed by atoms with van der Waals surface area (Å²) in [6.07, 6.45) is 6.88.